The first-order valence-electron chi connectivity index (χ1n) is 23.3. The zero-order chi connectivity index (χ0) is 45.2. The highest BCUT2D eigenvalue weighted by atomic mass is 15.1. The molecule has 1 aromatic heterocycles. The normalized spacial score (nSPS) is 11.2. The molecule has 68 heavy (non-hydrogen) atoms. The van der Waals surface area contributed by atoms with Crippen LogP contribution in [0, 0.1) is 0 Å². The summed E-state index contributed by atoms with van der Waals surface area (Å²) in [5.41, 5.74) is 21.0. The van der Waals surface area contributed by atoms with Crippen molar-refractivity contribution in [3.05, 3.63) is 279 Å². The third-order valence-electron chi connectivity index (χ3n) is 13.2. The maximum absolute atomic E-state index is 2.44. The molecule has 2 heteroatoms. The highest BCUT2D eigenvalue weighted by molar-refractivity contribution is 6.16. The summed E-state index contributed by atoms with van der Waals surface area (Å²) < 4.78 is 2.39. The summed E-state index contributed by atoms with van der Waals surface area (Å²) in [5, 5.41) is 2.47. The second kappa shape index (κ2) is 17.8. The van der Waals surface area contributed by atoms with Gasteiger partial charge in [0.15, 0.2) is 0 Å². The largest absolute Gasteiger partial charge is 0.310 e. The zero-order valence-corrected chi connectivity index (χ0v) is 37.5. The van der Waals surface area contributed by atoms with Crippen LogP contribution < -0.4 is 4.90 Å². The van der Waals surface area contributed by atoms with Gasteiger partial charge in [-0.25, -0.2) is 0 Å². The lowest BCUT2D eigenvalue weighted by atomic mass is 9.88. The van der Waals surface area contributed by atoms with Gasteiger partial charge in [-0.2, -0.15) is 0 Å². The van der Waals surface area contributed by atoms with Crippen LogP contribution in [0.25, 0.3) is 94.3 Å². The van der Waals surface area contributed by atoms with E-state index in [0.717, 1.165) is 33.9 Å². The molecule has 0 aliphatic heterocycles. The molecule has 0 saturated carbocycles. The molecule has 0 saturated heterocycles. The summed E-state index contributed by atoms with van der Waals surface area (Å²) in [4.78, 5) is 2.44. The van der Waals surface area contributed by atoms with Gasteiger partial charge in [0.1, 0.15) is 0 Å². The van der Waals surface area contributed by atoms with Gasteiger partial charge in [-0.3, -0.25) is 0 Å². The van der Waals surface area contributed by atoms with Crippen LogP contribution in [-0.4, -0.2) is 4.57 Å². The van der Waals surface area contributed by atoms with E-state index in [0.29, 0.717) is 0 Å². The Hall–Kier alpha value is -8.98. The monoisotopic (exact) mass is 866 g/mol. The van der Waals surface area contributed by atoms with Crippen molar-refractivity contribution >= 4 is 38.9 Å². The molecule has 0 bridgehead atoms. The molecule has 1 heterocycles. The molecule has 12 rings (SSSR count). The van der Waals surface area contributed by atoms with Crippen molar-refractivity contribution in [3.8, 4) is 72.4 Å². The van der Waals surface area contributed by atoms with Crippen LogP contribution in [0.2, 0.25) is 0 Å². The molecule has 0 N–H and O–H groups in total. The van der Waals surface area contributed by atoms with Gasteiger partial charge in [-0.05, 0) is 116 Å². The Morgan fingerprint density at radius 1 is 0.250 bits per heavy atom. The first kappa shape index (κ1) is 40.5. The maximum atomic E-state index is 2.44. The van der Waals surface area contributed by atoms with Gasteiger partial charge in [-0.1, -0.05) is 224 Å². The van der Waals surface area contributed by atoms with Gasteiger partial charge >= 0.3 is 0 Å². The van der Waals surface area contributed by atoms with Gasteiger partial charge in [0.25, 0.3) is 0 Å². The fourth-order valence-corrected chi connectivity index (χ4v) is 10.2. The molecule has 320 valence electrons. The lowest BCUT2D eigenvalue weighted by Crippen LogP contribution is -2.11. The van der Waals surface area contributed by atoms with E-state index in [4.69, 9.17) is 0 Å². The van der Waals surface area contributed by atoms with Crippen LogP contribution in [0.15, 0.2) is 279 Å². The molecule has 0 amide bonds. The summed E-state index contributed by atoms with van der Waals surface area (Å²) in [6.07, 6.45) is 0. The van der Waals surface area contributed by atoms with Gasteiger partial charge in [0.2, 0.25) is 0 Å². The third kappa shape index (κ3) is 7.35. The Balaban J connectivity index is 1.05. The number of hydrogen-bond acceptors (Lipinski definition) is 1. The number of nitrogens with zero attached hydrogens (tertiary/aromatic N) is 2. The Kier molecular flexibility index (Phi) is 10.6. The predicted molar refractivity (Wildman–Crippen MR) is 288 cm³/mol. The molecular weight excluding hydrogens is 821 g/mol. The summed E-state index contributed by atoms with van der Waals surface area (Å²) in [6.45, 7) is 0. The smallest absolute Gasteiger partial charge is 0.0547 e. The van der Waals surface area contributed by atoms with Crippen molar-refractivity contribution in [2.24, 2.45) is 0 Å². The number of hydrogen-bond donors (Lipinski definition) is 0. The van der Waals surface area contributed by atoms with E-state index in [1.54, 1.807) is 0 Å². The number of benzene rings is 11. The number of anilines is 3. The minimum atomic E-state index is 1.07. The second-order valence-electron chi connectivity index (χ2n) is 17.2. The molecular formula is C66H46N2. The average Bonchev–Trinajstić information content (AvgIpc) is 3.77. The number of para-hydroxylation sites is 3. The standard InChI is InChI=1S/C66H46N2/c1-4-22-47(23-5-1)54-30-10-11-31-55(54)49-42-44-52(45-43-49)67(63-39-18-16-36-61(63)60-35-15-14-34-59(60)58-33-13-12-32-56(58)48-24-6-2-7-25-48)53-29-20-26-50(46-53)57-38-21-41-65-66(57)62-37-17-19-40-64(62)68(65)51-27-8-3-9-28-51/h1-46H. The van der Waals surface area contributed by atoms with Gasteiger partial charge in [0.05, 0.1) is 16.7 Å². The number of rotatable bonds is 10. The first-order chi connectivity index (χ1) is 33.8. The van der Waals surface area contributed by atoms with Crippen molar-refractivity contribution in [1.82, 2.24) is 4.57 Å². The van der Waals surface area contributed by atoms with Crippen molar-refractivity contribution < 1.29 is 0 Å². The molecule has 0 fully saturated rings. The predicted octanol–water partition coefficient (Wildman–Crippen LogP) is 18.3. The maximum Gasteiger partial charge on any atom is 0.0547 e. The van der Waals surface area contributed by atoms with Crippen molar-refractivity contribution in [1.29, 1.82) is 0 Å². The first-order valence-corrected chi connectivity index (χ1v) is 23.3. The molecule has 0 aliphatic rings. The van der Waals surface area contributed by atoms with E-state index in [-0.39, 0.29) is 0 Å². The van der Waals surface area contributed by atoms with Crippen LogP contribution in [0.3, 0.4) is 0 Å². The fraction of sp³-hybridized carbons (Fsp3) is 0. The van der Waals surface area contributed by atoms with Crippen LogP contribution >= 0.6 is 0 Å². The minimum Gasteiger partial charge on any atom is -0.310 e. The molecule has 12 aromatic rings. The van der Waals surface area contributed by atoms with Gasteiger partial charge in [-0.15, -0.1) is 0 Å². The lowest BCUT2D eigenvalue weighted by Gasteiger charge is -2.29. The number of fused-ring (bicyclic) bond motifs is 3. The molecule has 0 spiro atoms. The average molecular weight is 867 g/mol. The summed E-state index contributed by atoms with van der Waals surface area (Å²) >= 11 is 0. The van der Waals surface area contributed by atoms with Crippen molar-refractivity contribution in [3.63, 3.8) is 0 Å². The quantitative estimate of drug-likeness (QED) is 0.133. The van der Waals surface area contributed by atoms with E-state index in [2.05, 4.69) is 289 Å². The summed E-state index contributed by atoms with van der Waals surface area (Å²) in [7, 11) is 0. The summed E-state index contributed by atoms with van der Waals surface area (Å²) in [5.74, 6) is 0. The van der Waals surface area contributed by atoms with E-state index in [9.17, 15) is 0 Å². The van der Waals surface area contributed by atoms with Gasteiger partial charge in [0, 0.05) is 33.4 Å². The number of aromatic nitrogens is 1. The Morgan fingerprint density at radius 2 is 0.676 bits per heavy atom. The molecule has 2 nitrogen and oxygen atoms in total. The molecule has 0 radical (unpaired) electrons. The zero-order valence-electron chi connectivity index (χ0n) is 37.5. The second-order valence-corrected chi connectivity index (χ2v) is 17.2. The van der Waals surface area contributed by atoms with E-state index in [1.807, 2.05) is 0 Å². The third-order valence-corrected chi connectivity index (χ3v) is 13.2. The lowest BCUT2D eigenvalue weighted by molar-refractivity contribution is 1.18. The fourth-order valence-electron chi connectivity index (χ4n) is 10.2. The van der Waals surface area contributed by atoms with Crippen LogP contribution in [0.5, 0.6) is 0 Å². The van der Waals surface area contributed by atoms with Gasteiger partial charge < -0.3 is 9.47 Å². The summed E-state index contributed by atoms with van der Waals surface area (Å²) in [6, 6.07) is 101. The highest BCUT2D eigenvalue weighted by Crippen LogP contribution is 2.47. The van der Waals surface area contributed by atoms with Crippen molar-refractivity contribution in [2.75, 3.05) is 4.90 Å². The highest BCUT2D eigenvalue weighted by Gasteiger charge is 2.22. The minimum absolute atomic E-state index is 1.07. The van der Waals surface area contributed by atoms with Crippen LogP contribution in [0.4, 0.5) is 17.1 Å². The van der Waals surface area contributed by atoms with E-state index < -0.39 is 0 Å². The topological polar surface area (TPSA) is 8.17 Å². The molecule has 0 unspecified atom stereocenters. The molecule has 0 aliphatic carbocycles. The Morgan fingerprint density at radius 3 is 1.32 bits per heavy atom. The van der Waals surface area contributed by atoms with Crippen molar-refractivity contribution in [2.45, 2.75) is 0 Å². The Bertz CT molecular complexity index is 3720. The van der Waals surface area contributed by atoms with Crippen LogP contribution in [-0.2, 0) is 0 Å². The Labute approximate surface area is 397 Å². The van der Waals surface area contributed by atoms with Crippen LogP contribution in [0.1, 0.15) is 0 Å². The SMILES string of the molecule is c1ccc(-c2ccccc2-c2ccc(N(c3cccc(-c4cccc5c4c4ccccc4n5-c4ccccc4)c3)c3ccccc3-c3ccccc3-c3ccccc3-c3ccccc3)cc2)cc1. The molecule has 11 aromatic carbocycles. The van der Waals surface area contributed by atoms with E-state index in [1.165, 1.54) is 77.4 Å². The molecule has 0 atom stereocenters. The van der Waals surface area contributed by atoms with E-state index >= 15 is 0 Å².